The second-order valence-corrected chi connectivity index (χ2v) is 9.25. The highest BCUT2D eigenvalue weighted by molar-refractivity contribution is 7.85. The molecule has 0 aromatic carbocycles. The van der Waals surface area contributed by atoms with Crippen molar-refractivity contribution in [1.82, 2.24) is 15.1 Å². The van der Waals surface area contributed by atoms with Gasteiger partial charge in [0, 0.05) is 65.2 Å². The first-order valence-electron chi connectivity index (χ1n) is 8.59. The van der Waals surface area contributed by atoms with Crippen LogP contribution in [0.15, 0.2) is 29.8 Å². The SMILES string of the molecule is CC1(C2C(N)CC(N3Cc4cn[nH]c4C3)CS2=O)CC(F)=CC(F)=C1F. The molecular formula is C17H21F3N4OS. The van der Waals surface area contributed by atoms with E-state index >= 15 is 0 Å². The number of aromatic amines is 1. The van der Waals surface area contributed by atoms with Crippen molar-refractivity contribution in [3.8, 4) is 0 Å². The Morgan fingerprint density at radius 2 is 2.15 bits per heavy atom. The summed E-state index contributed by atoms with van der Waals surface area (Å²) in [6.45, 7) is 2.79. The predicted molar refractivity (Wildman–Crippen MR) is 92.2 cm³/mol. The summed E-state index contributed by atoms with van der Waals surface area (Å²) in [5, 5.41) is 6.12. The van der Waals surface area contributed by atoms with Gasteiger partial charge in [-0.2, -0.15) is 5.10 Å². The molecule has 0 spiro atoms. The van der Waals surface area contributed by atoms with Crippen LogP contribution in [-0.4, -0.2) is 42.4 Å². The number of aromatic nitrogens is 2. The van der Waals surface area contributed by atoms with Crippen molar-refractivity contribution in [3.63, 3.8) is 0 Å². The first-order chi connectivity index (χ1) is 12.3. The van der Waals surface area contributed by atoms with Crippen LogP contribution in [-0.2, 0) is 23.9 Å². The van der Waals surface area contributed by atoms with E-state index in [2.05, 4.69) is 15.1 Å². The smallest absolute Gasteiger partial charge is 0.157 e. The molecule has 0 bridgehead atoms. The molecule has 1 fully saturated rings. The molecule has 1 aromatic rings. The summed E-state index contributed by atoms with van der Waals surface area (Å²) < 4.78 is 55.1. The van der Waals surface area contributed by atoms with Crippen molar-refractivity contribution in [2.75, 3.05) is 5.75 Å². The van der Waals surface area contributed by atoms with Gasteiger partial charge in [-0.3, -0.25) is 14.2 Å². The Hall–Kier alpha value is -1.45. The Bertz CT molecular complexity index is 802. The summed E-state index contributed by atoms with van der Waals surface area (Å²) in [7, 11) is -1.50. The van der Waals surface area contributed by atoms with E-state index in [0.29, 0.717) is 31.3 Å². The number of hydrogen-bond acceptors (Lipinski definition) is 4. The molecule has 5 unspecified atom stereocenters. The minimum Gasteiger partial charge on any atom is -0.327 e. The van der Waals surface area contributed by atoms with Gasteiger partial charge in [0.15, 0.2) is 5.83 Å². The Labute approximate surface area is 152 Å². The van der Waals surface area contributed by atoms with Crippen LogP contribution in [0.2, 0.25) is 0 Å². The highest BCUT2D eigenvalue weighted by Crippen LogP contribution is 2.48. The summed E-state index contributed by atoms with van der Waals surface area (Å²) in [6.07, 6.45) is 2.52. The van der Waals surface area contributed by atoms with Gasteiger partial charge in [-0.15, -0.1) is 0 Å². The topological polar surface area (TPSA) is 75.0 Å². The van der Waals surface area contributed by atoms with Gasteiger partial charge in [-0.05, 0) is 6.42 Å². The Morgan fingerprint density at radius 3 is 2.85 bits per heavy atom. The highest BCUT2D eigenvalue weighted by Gasteiger charge is 2.52. The van der Waals surface area contributed by atoms with Gasteiger partial charge >= 0.3 is 0 Å². The summed E-state index contributed by atoms with van der Waals surface area (Å²) in [6, 6.07) is -0.631. The average molecular weight is 386 g/mol. The number of H-pyrrole nitrogens is 1. The molecule has 1 saturated heterocycles. The average Bonchev–Trinajstić information content (AvgIpc) is 3.13. The summed E-state index contributed by atoms with van der Waals surface area (Å²) in [5.41, 5.74) is 6.91. The minimum absolute atomic E-state index is 0.0210. The number of nitrogens with two attached hydrogens (primary N) is 1. The maximum Gasteiger partial charge on any atom is 0.157 e. The number of nitrogens with one attached hydrogen (secondary N) is 1. The van der Waals surface area contributed by atoms with Crippen molar-refractivity contribution in [3.05, 3.63) is 41.0 Å². The molecule has 1 aliphatic carbocycles. The van der Waals surface area contributed by atoms with Crippen LogP contribution in [0.5, 0.6) is 0 Å². The van der Waals surface area contributed by atoms with E-state index in [1.807, 2.05) is 0 Å². The Morgan fingerprint density at radius 1 is 1.38 bits per heavy atom. The van der Waals surface area contributed by atoms with E-state index in [1.54, 1.807) is 6.20 Å². The van der Waals surface area contributed by atoms with Crippen LogP contribution < -0.4 is 5.73 Å². The lowest BCUT2D eigenvalue weighted by Gasteiger charge is -2.45. The summed E-state index contributed by atoms with van der Waals surface area (Å²) >= 11 is 0. The van der Waals surface area contributed by atoms with Gasteiger partial charge in [0.05, 0.1) is 17.1 Å². The zero-order valence-corrected chi connectivity index (χ0v) is 15.2. The third-order valence-electron chi connectivity index (χ3n) is 5.79. The molecule has 3 heterocycles. The number of nitrogens with zero attached hydrogens (tertiary/aromatic N) is 2. The second kappa shape index (κ2) is 6.31. The fraction of sp³-hybridized carbons (Fsp3) is 0.588. The lowest BCUT2D eigenvalue weighted by Crippen LogP contribution is -2.58. The molecule has 1 aromatic heterocycles. The van der Waals surface area contributed by atoms with Crippen LogP contribution in [0.3, 0.4) is 0 Å². The van der Waals surface area contributed by atoms with Gasteiger partial charge in [-0.1, -0.05) is 6.92 Å². The normalized spacial score (nSPS) is 38.4. The van der Waals surface area contributed by atoms with Gasteiger partial charge < -0.3 is 5.73 Å². The van der Waals surface area contributed by atoms with Crippen LogP contribution in [0.25, 0.3) is 0 Å². The predicted octanol–water partition coefficient (Wildman–Crippen LogP) is 2.36. The number of allylic oxidation sites excluding steroid dienone is 4. The first kappa shape index (κ1) is 17.9. The first-order valence-corrected chi connectivity index (χ1v) is 9.97. The fourth-order valence-electron chi connectivity index (χ4n) is 4.54. The minimum atomic E-state index is -1.52. The maximum atomic E-state index is 14.5. The van der Waals surface area contributed by atoms with E-state index in [9.17, 15) is 17.4 Å². The van der Waals surface area contributed by atoms with Crippen molar-refractivity contribution < 1.29 is 17.4 Å². The van der Waals surface area contributed by atoms with E-state index in [0.717, 1.165) is 11.3 Å². The molecule has 142 valence electrons. The molecular weight excluding hydrogens is 365 g/mol. The van der Waals surface area contributed by atoms with Crippen LogP contribution in [0, 0.1) is 5.41 Å². The van der Waals surface area contributed by atoms with E-state index in [-0.39, 0.29) is 12.5 Å². The number of rotatable bonds is 2. The molecule has 0 saturated carbocycles. The second-order valence-electron chi connectivity index (χ2n) is 7.65. The summed E-state index contributed by atoms with van der Waals surface area (Å²) in [4.78, 5) is 2.17. The third-order valence-corrected chi connectivity index (χ3v) is 7.94. The zero-order valence-electron chi connectivity index (χ0n) is 14.3. The third kappa shape index (κ3) is 2.76. The van der Waals surface area contributed by atoms with E-state index in [1.165, 1.54) is 6.92 Å². The van der Waals surface area contributed by atoms with Crippen molar-refractivity contribution in [2.45, 2.75) is 50.2 Å². The molecule has 0 amide bonds. The lowest BCUT2D eigenvalue weighted by molar-refractivity contribution is 0.166. The molecule has 4 rings (SSSR count). The Kier molecular flexibility index (Phi) is 4.36. The van der Waals surface area contributed by atoms with Gasteiger partial charge in [-0.25, -0.2) is 13.2 Å². The monoisotopic (exact) mass is 386 g/mol. The van der Waals surface area contributed by atoms with Gasteiger partial charge in [0.2, 0.25) is 0 Å². The largest absolute Gasteiger partial charge is 0.327 e. The standard InChI is InChI=1S/C17H21F3N4OS/c1-17(4-10(18)2-12(19)15(17)20)16-13(21)3-11(8-26(16)25)24-6-9-5-22-23-14(9)7-24/h2,5,11,13,16H,3-4,6-8,21H2,1H3,(H,22,23). The molecule has 3 aliphatic rings. The van der Waals surface area contributed by atoms with E-state index in [4.69, 9.17) is 5.73 Å². The molecule has 9 heteroatoms. The van der Waals surface area contributed by atoms with Crippen molar-refractivity contribution >= 4 is 10.8 Å². The number of hydrogen-bond donors (Lipinski definition) is 2. The molecule has 26 heavy (non-hydrogen) atoms. The quantitative estimate of drug-likeness (QED) is 0.818. The summed E-state index contributed by atoms with van der Waals surface area (Å²) in [5.74, 6) is -2.71. The molecule has 5 atom stereocenters. The Balaban J connectivity index is 1.54. The molecule has 2 aliphatic heterocycles. The van der Waals surface area contributed by atoms with Gasteiger partial charge in [0.1, 0.15) is 11.7 Å². The molecule has 0 radical (unpaired) electrons. The fourth-order valence-corrected chi connectivity index (χ4v) is 6.74. The molecule has 5 nitrogen and oxygen atoms in total. The molecule has 3 N–H and O–H groups in total. The van der Waals surface area contributed by atoms with Crippen LogP contribution in [0.4, 0.5) is 13.2 Å². The van der Waals surface area contributed by atoms with Crippen LogP contribution >= 0.6 is 0 Å². The lowest BCUT2D eigenvalue weighted by atomic mass is 9.75. The highest BCUT2D eigenvalue weighted by atomic mass is 32.2. The van der Waals surface area contributed by atoms with Crippen molar-refractivity contribution in [1.29, 1.82) is 0 Å². The maximum absolute atomic E-state index is 14.5. The van der Waals surface area contributed by atoms with Gasteiger partial charge in [0.25, 0.3) is 0 Å². The van der Waals surface area contributed by atoms with Crippen molar-refractivity contribution in [2.24, 2.45) is 11.1 Å². The number of fused-ring (bicyclic) bond motifs is 1. The van der Waals surface area contributed by atoms with Crippen LogP contribution in [0.1, 0.15) is 31.0 Å². The number of halogens is 3. The zero-order chi connectivity index (χ0) is 18.6. The van der Waals surface area contributed by atoms with E-state index < -0.39 is 45.0 Å².